The number of benzene rings is 1. The Hall–Kier alpha value is -1.41. The number of hydrogen-bond donors (Lipinski definition) is 0. The van der Waals surface area contributed by atoms with Gasteiger partial charge in [0, 0.05) is 29.9 Å². The van der Waals surface area contributed by atoms with Gasteiger partial charge in [0.2, 0.25) is 0 Å². The minimum absolute atomic E-state index is 0.390. The fraction of sp³-hybridized carbons (Fsp3) is 0.400. The summed E-state index contributed by atoms with van der Waals surface area (Å²) in [4.78, 5) is 6.91. The molecule has 2 aromatic rings. The van der Waals surface area contributed by atoms with Crippen LogP contribution in [0.25, 0.3) is 11.3 Å². The number of nitrogens with zero attached hydrogens (tertiary/aromatic N) is 3. The van der Waals surface area contributed by atoms with E-state index in [-0.39, 0.29) is 0 Å². The highest BCUT2D eigenvalue weighted by atomic mass is 79.9. The van der Waals surface area contributed by atoms with Crippen LogP contribution in [0.15, 0.2) is 45.4 Å². The van der Waals surface area contributed by atoms with E-state index in [1.54, 1.807) is 6.21 Å². The number of rotatable bonds is 4. The zero-order chi connectivity index (χ0) is 19.4. The SMILES string of the molecule is CC(C)(C)[S+]([O-])N=Cc1ccc(N2CCOCC2)cc1-c1cccc(Br)n1. The smallest absolute Gasteiger partial charge is 0.144 e. The summed E-state index contributed by atoms with van der Waals surface area (Å²) in [5, 5.41) is 0. The van der Waals surface area contributed by atoms with Gasteiger partial charge in [-0.1, -0.05) is 16.5 Å². The molecule has 0 amide bonds. The van der Waals surface area contributed by atoms with Gasteiger partial charge in [-0.15, -0.1) is 0 Å². The topological polar surface area (TPSA) is 60.8 Å². The maximum Gasteiger partial charge on any atom is 0.144 e. The van der Waals surface area contributed by atoms with Gasteiger partial charge in [0.1, 0.15) is 20.7 Å². The number of pyridine rings is 1. The molecule has 5 nitrogen and oxygen atoms in total. The normalized spacial score (nSPS) is 16.7. The lowest BCUT2D eigenvalue weighted by Gasteiger charge is -2.29. The Morgan fingerprint density at radius 2 is 1.96 bits per heavy atom. The molecule has 2 heterocycles. The molecule has 0 N–H and O–H groups in total. The van der Waals surface area contributed by atoms with Crippen LogP contribution in [0.2, 0.25) is 0 Å². The third-order valence-corrected chi connectivity index (χ3v) is 6.00. The number of halogens is 1. The Labute approximate surface area is 172 Å². The van der Waals surface area contributed by atoms with Crippen molar-refractivity contribution in [1.82, 2.24) is 4.98 Å². The number of ether oxygens (including phenoxy) is 1. The van der Waals surface area contributed by atoms with E-state index < -0.39 is 16.1 Å². The van der Waals surface area contributed by atoms with Crippen LogP contribution in [0.5, 0.6) is 0 Å². The van der Waals surface area contributed by atoms with Crippen LogP contribution in [0.3, 0.4) is 0 Å². The van der Waals surface area contributed by atoms with Crippen LogP contribution in [0.1, 0.15) is 26.3 Å². The molecule has 1 aromatic heterocycles. The largest absolute Gasteiger partial charge is 0.591 e. The summed E-state index contributed by atoms with van der Waals surface area (Å²) < 4.78 is 22.5. The molecule has 1 aromatic carbocycles. The number of aromatic nitrogens is 1. The van der Waals surface area contributed by atoms with Crippen LogP contribution in [-0.2, 0) is 16.1 Å². The Kier molecular flexibility index (Phi) is 6.57. The van der Waals surface area contributed by atoms with Crippen molar-refractivity contribution >= 4 is 39.2 Å². The second-order valence-electron chi connectivity index (χ2n) is 7.31. The molecule has 3 rings (SSSR count). The molecular weight excluding hydrogens is 426 g/mol. The van der Waals surface area contributed by atoms with Crippen molar-refractivity contribution in [3.63, 3.8) is 0 Å². The second kappa shape index (κ2) is 8.73. The van der Waals surface area contributed by atoms with Crippen molar-refractivity contribution in [2.45, 2.75) is 25.5 Å². The molecule has 27 heavy (non-hydrogen) atoms. The molecule has 7 heteroatoms. The van der Waals surface area contributed by atoms with Crippen molar-refractivity contribution in [3.8, 4) is 11.3 Å². The Balaban J connectivity index is 2.00. The number of hydrogen-bond acceptors (Lipinski definition) is 5. The number of morpholine rings is 1. The Morgan fingerprint density at radius 1 is 1.22 bits per heavy atom. The first-order chi connectivity index (χ1) is 12.8. The zero-order valence-corrected chi connectivity index (χ0v) is 18.2. The van der Waals surface area contributed by atoms with E-state index in [0.29, 0.717) is 0 Å². The summed E-state index contributed by atoms with van der Waals surface area (Å²) in [7, 11) is 0. The lowest BCUT2D eigenvalue weighted by atomic mass is 10.0. The van der Waals surface area contributed by atoms with E-state index in [9.17, 15) is 4.55 Å². The van der Waals surface area contributed by atoms with Crippen LogP contribution >= 0.6 is 15.9 Å². The summed E-state index contributed by atoms with van der Waals surface area (Å²) in [5.41, 5.74) is 3.84. The minimum atomic E-state index is -1.30. The predicted molar refractivity (Wildman–Crippen MR) is 116 cm³/mol. The van der Waals surface area contributed by atoms with Gasteiger partial charge < -0.3 is 14.2 Å². The van der Waals surface area contributed by atoms with Crippen molar-refractivity contribution in [2.24, 2.45) is 4.40 Å². The molecule has 1 saturated heterocycles. The Morgan fingerprint density at radius 3 is 2.63 bits per heavy atom. The second-order valence-corrected chi connectivity index (χ2v) is 10.1. The number of anilines is 1. The molecule has 1 aliphatic rings. The van der Waals surface area contributed by atoms with Crippen molar-refractivity contribution in [1.29, 1.82) is 0 Å². The summed E-state index contributed by atoms with van der Waals surface area (Å²) in [6, 6.07) is 12.1. The third-order valence-electron chi connectivity index (χ3n) is 4.22. The van der Waals surface area contributed by atoms with E-state index in [1.165, 1.54) is 0 Å². The first-order valence-corrected chi connectivity index (χ1v) is 10.8. The van der Waals surface area contributed by atoms with E-state index in [2.05, 4.69) is 42.3 Å². The zero-order valence-electron chi connectivity index (χ0n) is 15.8. The average Bonchev–Trinajstić information content (AvgIpc) is 2.66. The quantitative estimate of drug-likeness (QED) is 0.398. The molecule has 0 saturated carbocycles. The highest BCUT2D eigenvalue weighted by molar-refractivity contribution is 9.10. The summed E-state index contributed by atoms with van der Waals surface area (Å²) in [6.45, 7) is 8.95. The highest BCUT2D eigenvalue weighted by Gasteiger charge is 2.26. The van der Waals surface area contributed by atoms with E-state index in [4.69, 9.17) is 4.74 Å². The molecule has 1 unspecified atom stereocenters. The Bertz CT molecular complexity index is 817. The van der Waals surface area contributed by atoms with Gasteiger partial charge in [-0.2, -0.15) is 0 Å². The average molecular weight is 450 g/mol. The fourth-order valence-corrected chi connectivity index (χ4v) is 3.59. The van der Waals surface area contributed by atoms with Crippen LogP contribution in [0.4, 0.5) is 5.69 Å². The monoisotopic (exact) mass is 449 g/mol. The predicted octanol–water partition coefficient (Wildman–Crippen LogP) is 4.23. The molecule has 0 radical (unpaired) electrons. The van der Waals surface area contributed by atoms with Gasteiger partial charge in [0.05, 0.1) is 25.1 Å². The molecule has 1 atom stereocenters. The third kappa shape index (κ3) is 5.31. The first-order valence-electron chi connectivity index (χ1n) is 8.90. The highest BCUT2D eigenvalue weighted by Crippen LogP contribution is 2.29. The van der Waals surface area contributed by atoms with Gasteiger partial charge in [0.25, 0.3) is 0 Å². The first kappa shape index (κ1) is 20.3. The maximum atomic E-state index is 12.3. The van der Waals surface area contributed by atoms with Crippen LogP contribution in [-0.4, -0.2) is 46.8 Å². The van der Waals surface area contributed by atoms with E-state index >= 15 is 0 Å². The lowest BCUT2D eigenvalue weighted by molar-refractivity contribution is 0.122. The molecule has 1 fully saturated rings. The summed E-state index contributed by atoms with van der Waals surface area (Å²) in [5.74, 6) is 0. The lowest BCUT2D eigenvalue weighted by Crippen LogP contribution is -2.36. The van der Waals surface area contributed by atoms with Gasteiger partial charge >= 0.3 is 0 Å². The molecule has 1 aliphatic heterocycles. The van der Waals surface area contributed by atoms with Gasteiger partial charge in [-0.05, 0) is 61.0 Å². The summed E-state index contributed by atoms with van der Waals surface area (Å²) >= 11 is 2.14. The molecule has 0 aliphatic carbocycles. The van der Waals surface area contributed by atoms with Crippen LogP contribution in [0, 0.1) is 0 Å². The van der Waals surface area contributed by atoms with Crippen molar-refractivity contribution < 1.29 is 9.29 Å². The molecule has 144 valence electrons. The minimum Gasteiger partial charge on any atom is -0.591 e. The van der Waals surface area contributed by atoms with E-state index in [1.807, 2.05) is 45.0 Å². The van der Waals surface area contributed by atoms with Crippen molar-refractivity contribution in [2.75, 3.05) is 31.2 Å². The van der Waals surface area contributed by atoms with Gasteiger partial charge in [-0.25, -0.2) is 4.98 Å². The molecule has 0 spiro atoms. The van der Waals surface area contributed by atoms with Crippen molar-refractivity contribution in [3.05, 3.63) is 46.6 Å². The van der Waals surface area contributed by atoms with E-state index in [0.717, 1.165) is 53.4 Å². The molecular formula is C20H24BrN3O2S. The van der Waals surface area contributed by atoms with Gasteiger partial charge in [-0.3, -0.25) is 0 Å². The van der Waals surface area contributed by atoms with Gasteiger partial charge in [0.15, 0.2) is 0 Å². The molecule has 0 bridgehead atoms. The fourth-order valence-electron chi connectivity index (χ4n) is 2.72. The maximum absolute atomic E-state index is 12.3. The standard InChI is InChI=1S/C20H24BrN3O2S/c1-20(2,3)27(25)22-14-15-7-8-16(24-9-11-26-12-10-24)13-17(15)18-5-4-6-19(21)23-18/h4-8,13-14H,9-12H2,1-3H3. The van der Waals surface area contributed by atoms with Crippen LogP contribution < -0.4 is 4.90 Å². The summed E-state index contributed by atoms with van der Waals surface area (Å²) in [6.07, 6.45) is 1.70.